The molecule has 2 aliphatic rings. The Kier molecular flexibility index (Phi) is 4.55. The second kappa shape index (κ2) is 7.13. The van der Waals surface area contributed by atoms with E-state index >= 15 is 0 Å². The van der Waals surface area contributed by atoms with E-state index in [0.717, 1.165) is 17.7 Å². The number of thiazole rings is 1. The Morgan fingerprint density at radius 1 is 1.27 bits per heavy atom. The first-order valence-corrected chi connectivity index (χ1v) is 10.8. The van der Waals surface area contributed by atoms with Gasteiger partial charge in [0.15, 0.2) is 4.96 Å². The maximum absolute atomic E-state index is 13.2. The summed E-state index contributed by atoms with van der Waals surface area (Å²) in [6, 6.07) is 1.31. The summed E-state index contributed by atoms with van der Waals surface area (Å²) in [7, 11) is 3.84. The number of rotatable bonds is 2. The molecule has 0 N–H and O–H groups in total. The van der Waals surface area contributed by atoms with Crippen molar-refractivity contribution in [3.63, 3.8) is 0 Å². The molecule has 156 valence electrons. The Morgan fingerprint density at radius 2 is 2.07 bits per heavy atom. The fraction of sp³-hybridized carbons (Fsp3) is 0.450. The number of hydrogen-bond acceptors (Lipinski definition) is 8. The monoisotopic (exact) mass is 426 g/mol. The van der Waals surface area contributed by atoms with Crippen LogP contribution in [0, 0.1) is 0 Å². The largest absolute Gasteiger partial charge is 0.368 e. The van der Waals surface area contributed by atoms with Gasteiger partial charge in [-0.05, 0) is 24.8 Å². The molecular weight excluding hydrogens is 404 g/mol. The molecule has 5 heterocycles. The van der Waals surface area contributed by atoms with Gasteiger partial charge in [0.2, 0.25) is 5.95 Å². The highest BCUT2D eigenvalue weighted by molar-refractivity contribution is 7.15. The molecule has 0 bridgehead atoms. The fourth-order valence-electron chi connectivity index (χ4n) is 4.24. The second-order valence-electron chi connectivity index (χ2n) is 7.86. The second-order valence-corrected chi connectivity index (χ2v) is 8.73. The lowest BCUT2D eigenvalue weighted by Crippen LogP contribution is -2.49. The number of aromatic nitrogens is 4. The van der Waals surface area contributed by atoms with Crippen LogP contribution in [-0.2, 0) is 16.8 Å². The first-order valence-electron chi connectivity index (χ1n) is 9.91. The summed E-state index contributed by atoms with van der Waals surface area (Å²) >= 11 is 1.34. The minimum Gasteiger partial charge on any atom is -0.368 e. The third-order valence-electron chi connectivity index (χ3n) is 5.83. The topological polar surface area (TPSA) is 92.9 Å². The number of carbonyl (C=O) groups is 1. The maximum atomic E-state index is 13.2. The summed E-state index contributed by atoms with van der Waals surface area (Å²) in [6.07, 6.45) is 5.77. The molecule has 1 saturated heterocycles. The molecule has 30 heavy (non-hydrogen) atoms. The smallest absolute Gasteiger partial charge is 0.274 e. The van der Waals surface area contributed by atoms with Gasteiger partial charge in [0.05, 0.1) is 12.3 Å². The van der Waals surface area contributed by atoms with Gasteiger partial charge in [-0.15, -0.1) is 11.3 Å². The molecule has 9 nitrogen and oxygen atoms in total. The van der Waals surface area contributed by atoms with Crippen LogP contribution in [0.1, 0.15) is 34.6 Å². The number of amides is 1. The van der Waals surface area contributed by atoms with Crippen molar-refractivity contribution in [1.82, 2.24) is 24.3 Å². The normalized spacial score (nSPS) is 17.9. The van der Waals surface area contributed by atoms with Crippen molar-refractivity contribution in [3.05, 3.63) is 51.1 Å². The maximum Gasteiger partial charge on any atom is 0.274 e. The van der Waals surface area contributed by atoms with Gasteiger partial charge in [-0.3, -0.25) is 14.0 Å². The van der Waals surface area contributed by atoms with E-state index in [-0.39, 0.29) is 5.91 Å². The number of hydrogen-bond donors (Lipinski definition) is 0. The highest BCUT2D eigenvalue weighted by Crippen LogP contribution is 2.41. The molecule has 1 fully saturated rings. The summed E-state index contributed by atoms with van der Waals surface area (Å²) in [5.74, 6) is 0.499. The zero-order chi connectivity index (χ0) is 20.9. The Bertz CT molecular complexity index is 1180. The zero-order valence-electron chi connectivity index (χ0n) is 16.9. The van der Waals surface area contributed by atoms with Gasteiger partial charge in [0.25, 0.3) is 11.5 Å². The number of fused-ring (bicyclic) bond motifs is 3. The van der Waals surface area contributed by atoms with E-state index in [1.165, 1.54) is 17.4 Å². The van der Waals surface area contributed by atoms with Crippen LogP contribution in [0.3, 0.4) is 0 Å². The van der Waals surface area contributed by atoms with Crippen LogP contribution < -0.4 is 10.5 Å². The molecule has 3 aromatic rings. The predicted octanol–water partition coefficient (Wildman–Crippen LogP) is 1.32. The van der Waals surface area contributed by atoms with E-state index in [9.17, 15) is 9.59 Å². The van der Waals surface area contributed by atoms with E-state index in [1.54, 1.807) is 15.5 Å². The molecule has 1 spiro atoms. The molecule has 5 rings (SSSR count). The summed E-state index contributed by atoms with van der Waals surface area (Å²) in [5.41, 5.74) is 1.52. The Hall–Kier alpha value is -2.85. The van der Waals surface area contributed by atoms with Crippen molar-refractivity contribution in [2.24, 2.45) is 0 Å². The minimum absolute atomic E-state index is 0.162. The third kappa shape index (κ3) is 3.07. The minimum atomic E-state index is -0.495. The number of likely N-dealkylation sites (tertiary alicyclic amines) is 1. The molecule has 0 aliphatic carbocycles. The van der Waals surface area contributed by atoms with Crippen molar-refractivity contribution in [3.8, 4) is 0 Å². The Morgan fingerprint density at radius 3 is 2.83 bits per heavy atom. The van der Waals surface area contributed by atoms with Crippen molar-refractivity contribution in [2.75, 3.05) is 38.7 Å². The van der Waals surface area contributed by atoms with E-state index < -0.39 is 11.2 Å². The van der Waals surface area contributed by atoms with Crippen LogP contribution >= 0.6 is 11.3 Å². The van der Waals surface area contributed by atoms with Gasteiger partial charge in [0, 0.05) is 51.0 Å². The van der Waals surface area contributed by atoms with Crippen LogP contribution in [0.5, 0.6) is 0 Å². The Labute approximate surface area is 177 Å². The predicted molar refractivity (Wildman–Crippen MR) is 112 cm³/mol. The zero-order valence-corrected chi connectivity index (χ0v) is 17.7. The molecular formula is C20H22N6O3S. The van der Waals surface area contributed by atoms with Crippen LogP contribution in [0.15, 0.2) is 28.6 Å². The van der Waals surface area contributed by atoms with Crippen LogP contribution in [0.2, 0.25) is 0 Å². The molecule has 1 amide bonds. The van der Waals surface area contributed by atoms with Gasteiger partial charge < -0.3 is 14.5 Å². The lowest BCUT2D eigenvalue weighted by Gasteiger charge is -2.44. The lowest BCUT2D eigenvalue weighted by molar-refractivity contribution is -0.0967. The first-order chi connectivity index (χ1) is 14.5. The first kappa shape index (κ1) is 19.1. The molecule has 0 atom stereocenters. The van der Waals surface area contributed by atoms with Gasteiger partial charge in [-0.1, -0.05) is 0 Å². The summed E-state index contributed by atoms with van der Waals surface area (Å²) < 4.78 is 7.95. The van der Waals surface area contributed by atoms with Gasteiger partial charge >= 0.3 is 0 Å². The summed E-state index contributed by atoms with van der Waals surface area (Å²) in [4.78, 5) is 42.5. The molecule has 0 unspecified atom stereocenters. The molecule has 0 aromatic carbocycles. The van der Waals surface area contributed by atoms with Crippen LogP contribution in [0.4, 0.5) is 5.95 Å². The number of anilines is 1. The molecule has 2 aliphatic heterocycles. The van der Waals surface area contributed by atoms with Crippen molar-refractivity contribution >= 4 is 28.2 Å². The van der Waals surface area contributed by atoms with E-state index in [2.05, 4.69) is 9.97 Å². The molecule has 10 heteroatoms. The van der Waals surface area contributed by atoms with Crippen molar-refractivity contribution < 1.29 is 9.53 Å². The van der Waals surface area contributed by atoms with Crippen molar-refractivity contribution in [1.29, 1.82) is 0 Å². The van der Waals surface area contributed by atoms with E-state index in [0.29, 0.717) is 49.1 Å². The van der Waals surface area contributed by atoms with E-state index in [4.69, 9.17) is 9.72 Å². The molecule has 0 radical (unpaired) electrons. The average molecular weight is 427 g/mol. The Balaban J connectivity index is 1.42. The SMILES string of the molecule is CN(C)c1ncc2c(n1)C1(CCN(C(=O)c3cc(=O)nc4sccn34)CC1)OCC2. The summed E-state index contributed by atoms with van der Waals surface area (Å²) in [5, 5.41) is 1.82. The van der Waals surface area contributed by atoms with Crippen LogP contribution in [-0.4, -0.2) is 64.0 Å². The average Bonchev–Trinajstić information content (AvgIpc) is 3.21. The third-order valence-corrected chi connectivity index (χ3v) is 6.58. The summed E-state index contributed by atoms with van der Waals surface area (Å²) in [6.45, 7) is 1.69. The van der Waals surface area contributed by atoms with E-state index in [1.807, 2.05) is 30.6 Å². The standard InChI is InChI=1S/C20H22N6O3S/c1-24(2)18-21-12-13-3-9-29-20(16(13)23-18)4-6-25(7-5-20)17(28)14-11-15(27)22-19-26(14)8-10-30-19/h8,10-12H,3-7,9H2,1-2H3. The van der Waals surface area contributed by atoms with Gasteiger partial charge in [-0.2, -0.15) is 4.98 Å². The molecule has 3 aromatic heterocycles. The number of nitrogens with zero attached hydrogens (tertiary/aromatic N) is 6. The highest BCUT2D eigenvalue weighted by atomic mass is 32.1. The number of piperidine rings is 1. The quantitative estimate of drug-likeness (QED) is 0.610. The van der Waals surface area contributed by atoms with Gasteiger partial charge in [0.1, 0.15) is 11.3 Å². The molecule has 0 saturated carbocycles. The number of ether oxygens (including phenoxy) is 1. The van der Waals surface area contributed by atoms with Crippen LogP contribution in [0.25, 0.3) is 4.96 Å². The van der Waals surface area contributed by atoms with Gasteiger partial charge in [-0.25, -0.2) is 9.97 Å². The van der Waals surface area contributed by atoms with Crippen molar-refractivity contribution in [2.45, 2.75) is 24.9 Å². The fourth-order valence-corrected chi connectivity index (χ4v) is 4.96. The number of carbonyl (C=O) groups excluding carboxylic acids is 1. The highest BCUT2D eigenvalue weighted by Gasteiger charge is 2.43. The lowest BCUT2D eigenvalue weighted by atomic mass is 9.83.